The van der Waals surface area contributed by atoms with Crippen LogP contribution in [0.25, 0.3) is 0 Å². The predicted molar refractivity (Wildman–Crippen MR) is 86.1 cm³/mol. The van der Waals surface area contributed by atoms with Crippen molar-refractivity contribution in [2.75, 3.05) is 6.61 Å². The number of unbranched alkanes of at least 4 members (excludes halogenated alkanes) is 2. The Labute approximate surface area is 124 Å². The van der Waals surface area contributed by atoms with Crippen LogP contribution in [-0.2, 0) is 6.42 Å². The van der Waals surface area contributed by atoms with Gasteiger partial charge < -0.3 is 5.11 Å². The van der Waals surface area contributed by atoms with E-state index in [4.69, 9.17) is 5.11 Å². The van der Waals surface area contributed by atoms with Gasteiger partial charge in [0, 0.05) is 6.61 Å². The monoisotopic (exact) mass is 274 g/mol. The Kier molecular flexibility index (Phi) is 6.59. The van der Waals surface area contributed by atoms with Crippen LogP contribution in [-0.4, -0.2) is 11.7 Å². The normalized spacial score (nSPS) is 22.9. The van der Waals surface area contributed by atoms with E-state index in [9.17, 15) is 0 Å². The van der Waals surface area contributed by atoms with Gasteiger partial charge in [-0.1, -0.05) is 56.9 Å². The molecule has 0 bridgehead atoms. The highest BCUT2D eigenvalue weighted by Gasteiger charge is 2.21. The fraction of sp³-hybridized carbons (Fsp3) is 0.684. The summed E-state index contributed by atoms with van der Waals surface area (Å²) in [7, 11) is 0. The number of hydrogen-bond donors (Lipinski definition) is 1. The molecule has 2 rings (SSSR count). The quantitative estimate of drug-likeness (QED) is 0.688. The van der Waals surface area contributed by atoms with Crippen LogP contribution in [0.1, 0.15) is 75.3 Å². The van der Waals surface area contributed by atoms with E-state index in [2.05, 4.69) is 31.2 Å². The van der Waals surface area contributed by atoms with Crippen LogP contribution in [0.15, 0.2) is 24.3 Å². The summed E-state index contributed by atoms with van der Waals surface area (Å²) in [5.41, 5.74) is 2.77. The molecule has 1 heteroatoms. The molecule has 20 heavy (non-hydrogen) atoms. The zero-order valence-electron chi connectivity index (χ0n) is 13.0. The molecule has 0 spiro atoms. The van der Waals surface area contributed by atoms with Crippen molar-refractivity contribution in [3.05, 3.63) is 35.4 Å². The molecule has 0 amide bonds. The molecule has 1 saturated carbocycles. The molecule has 1 aliphatic rings. The van der Waals surface area contributed by atoms with Crippen molar-refractivity contribution in [3.8, 4) is 0 Å². The van der Waals surface area contributed by atoms with Crippen LogP contribution in [0.5, 0.6) is 0 Å². The van der Waals surface area contributed by atoms with Crippen LogP contribution in [0.4, 0.5) is 0 Å². The second-order valence-electron chi connectivity index (χ2n) is 6.43. The Bertz CT molecular complexity index is 360. The van der Waals surface area contributed by atoms with Gasteiger partial charge in [-0.2, -0.15) is 0 Å². The molecule has 1 nitrogen and oxygen atoms in total. The maximum atomic E-state index is 8.96. The second kappa shape index (κ2) is 8.46. The average Bonchev–Trinajstić information content (AvgIpc) is 2.49. The van der Waals surface area contributed by atoms with Gasteiger partial charge in [0.05, 0.1) is 0 Å². The molecule has 0 aliphatic heterocycles. The van der Waals surface area contributed by atoms with E-state index < -0.39 is 0 Å². The SMILES string of the molecule is CCCCCC1CCC(c2ccc(CCO)cc2)CC1. The molecule has 0 saturated heterocycles. The van der Waals surface area contributed by atoms with Crippen molar-refractivity contribution in [1.82, 2.24) is 0 Å². The van der Waals surface area contributed by atoms with Gasteiger partial charge in [0.1, 0.15) is 0 Å². The molecule has 0 unspecified atom stereocenters. The van der Waals surface area contributed by atoms with Crippen molar-refractivity contribution >= 4 is 0 Å². The lowest BCUT2D eigenvalue weighted by atomic mass is 9.77. The summed E-state index contributed by atoms with van der Waals surface area (Å²) in [6.45, 7) is 2.54. The molecule has 1 N–H and O–H groups in total. The molecule has 1 fully saturated rings. The third-order valence-electron chi connectivity index (χ3n) is 4.91. The first-order valence-electron chi connectivity index (χ1n) is 8.53. The Morgan fingerprint density at radius 2 is 1.70 bits per heavy atom. The fourth-order valence-corrected chi connectivity index (χ4v) is 3.55. The molecule has 0 atom stereocenters. The van der Waals surface area contributed by atoms with Crippen molar-refractivity contribution in [2.24, 2.45) is 5.92 Å². The molecule has 0 heterocycles. The Morgan fingerprint density at radius 1 is 1.00 bits per heavy atom. The van der Waals surface area contributed by atoms with Crippen LogP contribution in [0, 0.1) is 5.92 Å². The van der Waals surface area contributed by atoms with Gasteiger partial charge in [-0.15, -0.1) is 0 Å². The molecular weight excluding hydrogens is 244 g/mol. The first kappa shape index (κ1) is 15.6. The first-order valence-corrected chi connectivity index (χ1v) is 8.53. The summed E-state index contributed by atoms with van der Waals surface area (Å²) in [5, 5.41) is 8.96. The van der Waals surface area contributed by atoms with Crippen molar-refractivity contribution in [1.29, 1.82) is 0 Å². The van der Waals surface area contributed by atoms with Gasteiger partial charge in [0.25, 0.3) is 0 Å². The van der Waals surface area contributed by atoms with E-state index in [0.717, 1.165) is 18.3 Å². The minimum Gasteiger partial charge on any atom is -0.396 e. The molecule has 112 valence electrons. The molecule has 0 radical (unpaired) electrons. The minimum atomic E-state index is 0.252. The highest BCUT2D eigenvalue weighted by Crippen LogP contribution is 2.37. The number of rotatable bonds is 7. The van der Waals surface area contributed by atoms with Gasteiger partial charge in [-0.25, -0.2) is 0 Å². The summed E-state index contributed by atoms with van der Waals surface area (Å²) < 4.78 is 0. The van der Waals surface area contributed by atoms with Crippen LogP contribution < -0.4 is 0 Å². The largest absolute Gasteiger partial charge is 0.396 e. The third kappa shape index (κ3) is 4.63. The standard InChI is InChI=1S/C19H30O/c1-2-3-4-5-16-6-10-18(11-7-16)19-12-8-17(9-13-19)14-15-20/h8-9,12-13,16,18,20H,2-7,10-11,14-15H2,1H3. The maximum Gasteiger partial charge on any atom is 0.0471 e. The zero-order valence-corrected chi connectivity index (χ0v) is 13.0. The molecule has 1 aromatic rings. The average molecular weight is 274 g/mol. The number of aliphatic hydroxyl groups excluding tert-OH is 1. The van der Waals surface area contributed by atoms with E-state index in [-0.39, 0.29) is 6.61 Å². The third-order valence-corrected chi connectivity index (χ3v) is 4.91. The summed E-state index contributed by atoms with van der Waals surface area (Å²) in [4.78, 5) is 0. The zero-order chi connectivity index (χ0) is 14.2. The predicted octanol–water partition coefficient (Wildman–Crippen LogP) is 5.08. The Hall–Kier alpha value is -0.820. The lowest BCUT2D eigenvalue weighted by Crippen LogP contribution is -2.13. The number of benzene rings is 1. The summed E-state index contributed by atoms with van der Waals surface area (Å²) in [5.74, 6) is 1.77. The summed E-state index contributed by atoms with van der Waals surface area (Å²) in [6, 6.07) is 8.96. The minimum absolute atomic E-state index is 0.252. The van der Waals surface area contributed by atoms with Crippen molar-refractivity contribution in [2.45, 2.75) is 70.6 Å². The van der Waals surface area contributed by atoms with Gasteiger partial charge in [-0.3, -0.25) is 0 Å². The highest BCUT2D eigenvalue weighted by atomic mass is 16.2. The molecule has 1 aromatic carbocycles. The van der Waals surface area contributed by atoms with E-state index >= 15 is 0 Å². The first-order chi connectivity index (χ1) is 9.83. The van der Waals surface area contributed by atoms with Crippen molar-refractivity contribution in [3.63, 3.8) is 0 Å². The topological polar surface area (TPSA) is 20.2 Å². The fourth-order valence-electron chi connectivity index (χ4n) is 3.55. The Morgan fingerprint density at radius 3 is 2.30 bits per heavy atom. The van der Waals surface area contributed by atoms with E-state index in [1.165, 1.54) is 62.5 Å². The highest BCUT2D eigenvalue weighted by molar-refractivity contribution is 5.25. The smallest absolute Gasteiger partial charge is 0.0471 e. The lowest BCUT2D eigenvalue weighted by molar-refractivity contribution is 0.299. The molecule has 0 aromatic heterocycles. The van der Waals surface area contributed by atoms with E-state index in [1.807, 2.05) is 0 Å². The summed E-state index contributed by atoms with van der Waals surface area (Å²) in [6.07, 6.45) is 12.0. The Balaban J connectivity index is 1.78. The molecule has 1 aliphatic carbocycles. The summed E-state index contributed by atoms with van der Waals surface area (Å²) >= 11 is 0. The number of aliphatic hydroxyl groups is 1. The maximum absolute atomic E-state index is 8.96. The van der Waals surface area contributed by atoms with Gasteiger partial charge in [0.15, 0.2) is 0 Å². The van der Waals surface area contributed by atoms with E-state index in [0.29, 0.717) is 0 Å². The van der Waals surface area contributed by atoms with Crippen molar-refractivity contribution < 1.29 is 5.11 Å². The van der Waals surface area contributed by atoms with Crippen LogP contribution in [0.2, 0.25) is 0 Å². The van der Waals surface area contributed by atoms with Gasteiger partial charge in [0.2, 0.25) is 0 Å². The second-order valence-corrected chi connectivity index (χ2v) is 6.43. The van der Waals surface area contributed by atoms with Crippen LogP contribution >= 0.6 is 0 Å². The van der Waals surface area contributed by atoms with Crippen LogP contribution in [0.3, 0.4) is 0 Å². The van der Waals surface area contributed by atoms with Gasteiger partial charge >= 0.3 is 0 Å². The number of hydrogen-bond acceptors (Lipinski definition) is 1. The van der Waals surface area contributed by atoms with Gasteiger partial charge in [-0.05, 0) is 55.1 Å². The lowest BCUT2D eigenvalue weighted by Gasteiger charge is -2.29. The van der Waals surface area contributed by atoms with E-state index in [1.54, 1.807) is 0 Å². The molecular formula is C19H30O.